The lowest BCUT2D eigenvalue weighted by molar-refractivity contribution is 0.133. The minimum Gasteiger partial charge on any atom is -0.391 e. The average Bonchev–Trinajstić information content (AvgIpc) is 2.60. The Labute approximate surface area is 96.1 Å². The highest BCUT2D eigenvalue weighted by Crippen LogP contribution is 2.29. The maximum absolute atomic E-state index is 11.9. The van der Waals surface area contributed by atoms with Crippen LogP contribution in [0, 0.1) is 6.92 Å². The molecule has 1 aromatic heterocycles. The molecule has 15 heavy (non-hydrogen) atoms. The summed E-state index contributed by atoms with van der Waals surface area (Å²) in [6.07, 6.45) is 3.67. The number of aliphatic hydroxyl groups is 1. The topological polar surface area (TPSA) is 55.1 Å². The summed E-state index contributed by atoms with van der Waals surface area (Å²) in [5.74, 6) is 0.661. The van der Waals surface area contributed by atoms with Crippen LogP contribution in [0.1, 0.15) is 31.1 Å². The van der Waals surface area contributed by atoms with E-state index in [2.05, 4.69) is 20.9 Å². The molecule has 5 heteroatoms. The van der Waals surface area contributed by atoms with E-state index in [1.165, 1.54) is 6.20 Å². The predicted molar refractivity (Wildman–Crippen MR) is 59.8 cm³/mol. The summed E-state index contributed by atoms with van der Waals surface area (Å²) in [4.78, 5) is 16.0. The van der Waals surface area contributed by atoms with Crippen molar-refractivity contribution in [2.24, 2.45) is 0 Å². The molecule has 0 unspecified atom stereocenters. The lowest BCUT2D eigenvalue weighted by Gasteiger charge is -2.19. The number of hydrogen-bond acceptors (Lipinski definition) is 3. The van der Waals surface area contributed by atoms with Crippen molar-refractivity contribution in [3.8, 4) is 0 Å². The summed E-state index contributed by atoms with van der Waals surface area (Å²) in [5.41, 5.74) is -0.103. The third kappa shape index (κ3) is 1.86. The van der Waals surface area contributed by atoms with Crippen molar-refractivity contribution in [3.63, 3.8) is 0 Å². The molecular formula is C10H13BrN2O2. The molecular weight excluding hydrogens is 260 g/mol. The van der Waals surface area contributed by atoms with E-state index >= 15 is 0 Å². The van der Waals surface area contributed by atoms with Gasteiger partial charge in [-0.3, -0.25) is 9.36 Å². The highest BCUT2D eigenvalue weighted by molar-refractivity contribution is 9.10. The van der Waals surface area contributed by atoms with E-state index in [-0.39, 0.29) is 11.6 Å². The Balaban J connectivity index is 2.51. The van der Waals surface area contributed by atoms with Crippen molar-refractivity contribution in [2.45, 2.75) is 38.3 Å². The fourth-order valence-corrected chi connectivity index (χ4v) is 2.44. The Bertz CT molecular complexity index is 430. The molecule has 0 radical (unpaired) electrons. The Kier molecular flexibility index (Phi) is 2.93. The zero-order chi connectivity index (χ0) is 11.0. The molecule has 1 saturated carbocycles. The molecule has 2 atom stereocenters. The molecule has 0 aromatic carbocycles. The Morgan fingerprint density at radius 3 is 2.93 bits per heavy atom. The second-order valence-electron chi connectivity index (χ2n) is 3.89. The molecule has 82 valence electrons. The normalized spacial score (nSPS) is 25.8. The predicted octanol–water partition coefficient (Wildman–Crippen LogP) is 1.40. The number of hydrogen-bond donors (Lipinski definition) is 1. The standard InChI is InChI=1S/C10H13BrN2O2/c1-6-12-5-7(11)10(15)13(6)8-3-2-4-9(8)14/h5,8-9,14H,2-4H2,1H3/t8-,9-/m0/s1. The van der Waals surface area contributed by atoms with Gasteiger partial charge in [-0.15, -0.1) is 0 Å². The van der Waals surface area contributed by atoms with Gasteiger partial charge in [0.05, 0.1) is 12.1 Å². The molecule has 1 heterocycles. The first-order chi connectivity index (χ1) is 7.11. The van der Waals surface area contributed by atoms with Crippen molar-refractivity contribution in [3.05, 3.63) is 26.8 Å². The van der Waals surface area contributed by atoms with Gasteiger partial charge >= 0.3 is 0 Å². The largest absolute Gasteiger partial charge is 0.391 e. The summed E-state index contributed by atoms with van der Waals surface area (Å²) in [7, 11) is 0. The first-order valence-corrected chi connectivity index (χ1v) is 5.82. The van der Waals surface area contributed by atoms with E-state index in [4.69, 9.17) is 0 Å². The first kappa shape index (κ1) is 10.8. The van der Waals surface area contributed by atoms with Crippen LogP contribution in [0.4, 0.5) is 0 Å². The molecule has 2 rings (SSSR count). The lowest BCUT2D eigenvalue weighted by atomic mass is 10.2. The van der Waals surface area contributed by atoms with Crippen LogP contribution < -0.4 is 5.56 Å². The summed E-state index contributed by atoms with van der Waals surface area (Å²) in [6.45, 7) is 1.79. The van der Waals surface area contributed by atoms with E-state index in [1.54, 1.807) is 11.5 Å². The Hall–Kier alpha value is -0.680. The van der Waals surface area contributed by atoms with Gasteiger partial charge in [-0.1, -0.05) is 0 Å². The van der Waals surface area contributed by atoms with Crippen LogP contribution in [0.3, 0.4) is 0 Å². The number of aliphatic hydroxyl groups excluding tert-OH is 1. The lowest BCUT2D eigenvalue weighted by Crippen LogP contribution is -2.32. The molecule has 0 spiro atoms. The van der Waals surface area contributed by atoms with Gasteiger partial charge in [-0.05, 0) is 42.1 Å². The number of aryl methyl sites for hydroxylation is 1. The molecule has 0 saturated heterocycles. The van der Waals surface area contributed by atoms with E-state index in [9.17, 15) is 9.90 Å². The number of rotatable bonds is 1. The second-order valence-corrected chi connectivity index (χ2v) is 4.75. The maximum atomic E-state index is 11.9. The van der Waals surface area contributed by atoms with Gasteiger partial charge in [0.2, 0.25) is 0 Å². The molecule has 1 aliphatic carbocycles. The summed E-state index contributed by atoms with van der Waals surface area (Å²) in [5, 5.41) is 9.78. The zero-order valence-corrected chi connectivity index (χ0v) is 10.1. The molecule has 1 N–H and O–H groups in total. The van der Waals surface area contributed by atoms with Crippen LogP contribution in [0.15, 0.2) is 15.5 Å². The van der Waals surface area contributed by atoms with Crippen LogP contribution in [-0.2, 0) is 0 Å². The fourth-order valence-electron chi connectivity index (χ4n) is 2.14. The van der Waals surface area contributed by atoms with Crippen molar-refractivity contribution in [1.29, 1.82) is 0 Å². The zero-order valence-electron chi connectivity index (χ0n) is 8.48. The number of nitrogens with zero attached hydrogens (tertiary/aromatic N) is 2. The van der Waals surface area contributed by atoms with E-state index < -0.39 is 6.10 Å². The third-order valence-corrected chi connectivity index (χ3v) is 3.46. The molecule has 1 aromatic rings. The van der Waals surface area contributed by atoms with Gasteiger partial charge in [0.1, 0.15) is 10.3 Å². The van der Waals surface area contributed by atoms with Gasteiger partial charge < -0.3 is 5.11 Å². The van der Waals surface area contributed by atoms with Gasteiger partial charge in [0.25, 0.3) is 5.56 Å². The van der Waals surface area contributed by atoms with E-state index in [0.29, 0.717) is 10.3 Å². The smallest absolute Gasteiger partial charge is 0.268 e. The summed E-state index contributed by atoms with van der Waals surface area (Å²) >= 11 is 3.17. The quantitative estimate of drug-likeness (QED) is 0.841. The molecule has 1 aliphatic rings. The third-order valence-electron chi connectivity index (χ3n) is 2.91. The van der Waals surface area contributed by atoms with Crippen LogP contribution in [0.25, 0.3) is 0 Å². The van der Waals surface area contributed by atoms with Crippen molar-refractivity contribution < 1.29 is 5.11 Å². The van der Waals surface area contributed by atoms with Crippen LogP contribution in [0.5, 0.6) is 0 Å². The van der Waals surface area contributed by atoms with Gasteiger partial charge in [0.15, 0.2) is 0 Å². The van der Waals surface area contributed by atoms with Crippen molar-refractivity contribution >= 4 is 15.9 Å². The van der Waals surface area contributed by atoms with Crippen molar-refractivity contribution in [2.75, 3.05) is 0 Å². The monoisotopic (exact) mass is 272 g/mol. The number of aromatic nitrogens is 2. The minimum atomic E-state index is -0.419. The molecule has 0 aliphatic heterocycles. The van der Waals surface area contributed by atoms with Gasteiger partial charge in [0, 0.05) is 6.20 Å². The Morgan fingerprint density at radius 2 is 2.33 bits per heavy atom. The summed E-state index contributed by atoms with van der Waals surface area (Å²) < 4.78 is 2.05. The molecule has 1 fully saturated rings. The first-order valence-electron chi connectivity index (χ1n) is 5.03. The van der Waals surface area contributed by atoms with E-state index in [1.807, 2.05) is 0 Å². The fraction of sp³-hybridized carbons (Fsp3) is 0.600. The molecule has 0 amide bonds. The SMILES string of the molecule is Cc1ncc(Br)c(=O)n1[C@H]1CCC[C@@H]1O. The second kappa shape index (κ2) is 4.06. The average molecular weight is 273 g/mol. The van der Waals surface area contributed by atoms with Crippen molar-refractivity contribution in [1.82, 2.24) is 9.55 Å². The molecule has 0 bridgehead atoms. The molecule has 4 nitrogen and oxygen atoms in total. The Morgan fingerprint density at radius 1 is 1.60 bits per heavy atom. The van der Waals surface area contributed by atoms with Crippen LogP contribution in [-0.4, -0.2) is 20.8 Å². The van der Waals surface area contributed by atoms with Crippen LogP contribution >= 0.6 is 15.9 Å². The van der Waals surface area contributed by atoms with Gasteiger partial charge in [-0.2, -0.15) is 0 Å². The highest BCUT2D eigenvalue weighted by atomic mass is 79.9. The minimum absolute atomic E-state index is 0.103. The summed E-state index contributed by atoms with van der Waals surface area (Å²) in [6, 6.07) is -0.109. The number of halogens is 1. The maximum Gasteiger partial charge on any atom is 0.268 e. The van der Waals surface area contributed by atoms with Crippen LogP contribution in [0.2, 0.25) is 0 Å². The highest BCUT2D eigenvalue weighted by Gasteiger charge is 2.29. The van der Waals surface area contributed by atoms with E-state index in [0.717, 1.165) is 19.3 Å². The van der Waals surface area contributed by atoms with Gasteiger partial charge in [-0.25, -0.2) is 4.98 Å².